The predicted molar refractivity (Wildman–Crippen MR) is 93.5 cm³/mol. The van der Waals surface area contributed by atoms with Crippen LogP contribution in [-0.4, -0.2) is 25.5 Å². The number of benzene rings is 1. The number of carbonyl (C=O) groups excluding carboxylic acids is 1. The molecule has 1 aromatic carbocycles. The molecular formula is C14H23IN4O. The molecule has 0 spiro atoms. The average molecular weight is 390 g/mol. The van der Waals surface area contributed by atoms with E-state index in [9.17, 15) is 4.79 Å². The largest absolute Gasteiger partial charge is 0.370 e. The third-order valence-corrected chi connectivity index (χ3v) is 2.68. The number of hydrogen-bond acceptors (Lipinski definition) is 2. The lowest BCUT2D eigenvalue weighted by Crippen LogP contribution is -2.32. The highest BCUT2D eigenvalue weighted by molar-refractivity contribution is 14.0. The molecule has 0 aliphatic rings. The van der Waals surface area contributed by atoms with Gasteiger partial charge in [-0.05, 0) is 24.1 Å². The second-order valence-electron chi connectivity index (χ2n) is 4.26. The van der Waals surface area contributed by atoms with Crippen molar-refractivity contribution in [3.8, 4) is 0 Å². The van der Waals surface area contributed by atoms with Crippen molar-refractivity contribution in [2.75, 3.05) is 13.6 Å². The van der Waals surface area contributed by atoms with Crippen molar-refractivity contribution in [1.29, 1.82) is 0 Å². The number of nitrogens with zero attached hydrogens (tertiary/aromatic N) is 1. The number of carbonyl (C=O) groups is 1. The van der Waals surface area contributed by atoms with E-state index in [1.807, 2.05) is 18.2 Å². The van der Waals surface area contributed by atoms with Crippen molar-refractivity contribution in [1.82, 2.24) is 10.6 Å². The van der Waals surface area contributed by atoms with Crippen LogP contribution in [0.1, 0.15) is 35.7 Å². The number of halogens is 1. The predicted octanol–water partition coefficient (Wildman–Crippen LogP) is 1.87. The molecule has 1 amide bonds. The summed E-state index contributed by atoms with van der Waals surface area (Å²) in [5.41, 5.74) is 7.34. The Labute approximate surface area is 137 Å². The quantitative estimate of drug-likeness (QED) is 0.300. The fraction of sp³-hybridized carbons (Fsp3) is 0.429. The number of guanidine groups is 1. The Kier molecular flexibility index (Phi) is 9.79. The monoisotopic (exact) mass is 390 g/mol. The Morgan fingerprint density at radius 3 is 2.80 bits per heavy atom. The van der Waals surface area contributed by atoms with Crippen molar-refractivity contribution >= 4 is 35.8 Å². The van der Waals surface area contributed by atoms with E-state index in [2.05, 4.69) is 22.5 Å². The molecule has 112 valence electrons. The number of amides is 1. The normalized spacial score (nSPS) is 10.6. The number of rotatable bonds is 6. The van der Waals surface area contributed by atoms with Gasteiger partial charge in [0.2, 0.25) is 0 Å². The van der Waals surface area contributed by atoms with E-state index in [-0.39, 0.29) is 29.9 Å². The summed E-state index contributed by atoms with van der Waals surface area (Å²) in [4.78, 5) is 15.7. The maximum absolute atomic E-state index is 11.5. The van der Waals surface area contributed by atoms with Gasteiger partial charge in [0.15, 0.2) is 5.96 Å². The lowest BCUT2D eigenvalue weighted by molar-refractivity contribution is 0.0963. The summed E-state index contributed by atoms with van der Waals surface area (Å²) in [6.45, 7) is 3.43. The first-order valence-corrected chi connectivity index (χ1v) is 6.52. The van der Waals surface area contributed by atoms with Gasteiger partial charge < -0.3 is 16.4 Å². The molecule has 0 fully saturated rings. The summed E-state index contributed by atoms with van der Waals surface area (Å²) in [6, 6.07) is 7.36. The van der Waals surface area contributed by atoms with Gasteiger partial charge in [0.05, 0.1) is 6.54 Å². The van der Waals surface area contributed by atoms with Crippen molar-refractivity contribution in [3.05, 3.63) is 35.4 Å². The van der Waals surface area contributed by atoms with Crippen molar-refractivity contribution in [2.24, 2.45) is 10.7 Å². The van der Waals surface area contributed by atoms with E-state index >= 15 is 0 Å². The molecule has 0 aromatic heterocycles. The molecule has 0 saturated carbocycles. The molecule has 0 bridgehead atoms. The van der Waals surface area contributed by atoms with E-state index < -0.39 is 0 Å². The molecular weight excluding hydrogens is 367 g/mol. The topological polar surface area (TPSA) is 79.5 Å². The lowest BCUT2D eigenvalue weighted by atomic mass is 10.1. The summed E-state index contributed by atoms with van der Waals surface area (Å²) < 4.78 is 0. The molecule has 1 aromatic rings. The van der Waals surface area contributed by atoms with Crippen molar-refractivity contribution in [2.45, 2.75) is 26.3 Å². The molecule has 0 unspecified atom stereocenters. The molecule has 4 N–H and O–H groups in total. The van der Waals surface area contributed by atoms with Gasteiger partial charge in [-0.15, -0.1) is 24.0 Å². The SMILES string of the molecule is CCCCNC(N)=NCc1cccc(C(=O)NC)c1.I. The molecule has 0 atom stereocenters. The molecule has 20 heavy (non-hydrogen) atoms. The summed E-state index contributed by atoms with van der Waals surface area (Å²) in [5, 5.41) is 5.65. The number of hydrogen-bond donors (Lipinski definition) is 3. The maximum Gasteiger partial charge on any atom is 0.251 e. The first-order valence-electron chi connectivity index (χ1n) is 6.52. The van der Waals surface area contributed by atoms with Crippen molar-refractivity contribution in [3.63, 3.8) is 0 Å². The van der Waals surface area contributed by atoms with Gasteiger partial charge in [0, 0.05) is 19.2 Å². The van der Waals surface area contributed by atoms with Gasteiger partial charge in [-0.2, -0.15) is 0 Å². The van der Waals surface area contributed by atoms with Crippen LogP contribution in [0.25, 0.3) is 0 Å². The molecule has 6 heteroatoms. The van der Waals surface area contributed by atoms with E-state index in [1.165, 1.54) is 0 Å². The molecule has 0 aliphatic heterocycles. The third-order valence-electron chi connectivity index (χ3n) is 2.68. The van der Waals surface area contributed by atoms with Gasteiger partial charge in [0.1, 0.15) is 0 Å². The zero-order valence-electron chi connectivity index (χ0n) is 12.0. The second-order valence-corrected chi connectivity index (χ2v) is 4.26. The van der Waals surface area contributed by atoms with Gasteiger partial charge >= 0.3 is 0 Å². The number of nitrogens with two attached hydrogens (primary N) is 1. The van der Waals surface area contributed by atoms with Gasteiger partial charge in [-0.3, -0.25) is 4.79 Å². The van der Waals surface area contributed by atoms with Gasteiger partial charge in [-0.25, -0.2) is 4.99 Å². The second kappa shape index (κ2) is 10.5. The standard InChI is InChI=1S/C14H22N4O.HI/c1-3-4-8-17-14(15)18-10-11-6-5-7-12(9-11)13(19)16-2;/h5-7,9H,3-4,8,10H2,1-2H3,(H,16,19)(H3,15,17,18);1H. The van der Waals surface area contributed by atoms with Crippen LogP contribution < -0.4 is 16.4 Å². The summed E-state index contributed by atoms with van der Waals surface area (Å²) in [5.74, 6) is 0.346. The van der Waals surface area contributed by atoms with Crippen molar-refractivity contribution < 1.29 is 4.79 Å². The Morgan fingerprint density at radius 2 is 2.15 bits per heavy atom. The Balaban J connectivity index is 0.00000361. The van der Waals surface area contributed by atoms with Crippen LogP contribution in [0.15, 0.2) is 29.3 Å². The van der Waals surface area contributed by atoms with E-state index in [1.54, 1.807) is 13.1 Å². The highest BCUT2D eigenvalue weighted by atomic mass is 127. The molecule has 0 saturated heterocycles. The first-order chi connectivity index (χ1) is 9.17. The zero-order chi connectivity index (χ0) is 14.1. The lowest BCUT2D eigenvalue weighted by Gasteiger charge is -2.05. The van der Waals surface area contributed by atoms with Crippen LogP contribution in [0.5, 0.6) is 0 Å². The maximum atomic E-state index is 11.5. The molecule has 0 radical (unpaired) electrons. The van der Waals surface area contributed by atoms with Crippen LogP contribution in [0.3, 0.4) is 0 Å². The van der Waals surface area contributed by atoms with Crippen LogP contribution in [0, 0.1) is 0 Å². The Morgan fingerprint density at radius 1 is 1.40 bits per heavy atom. The number of aliphatic imine (C=N–C) groups is 1. The third kappa shape index (κ3) is 6.74. The van der Waals surface area contributed by atoms with Crippen LogP contribution in [0.4, 0.5) is 0 Å². The van der Waals surface area contributed by atoms with Crippen LogP contribution >= 0.6 is 24.0 Å². The number of nitrogens with one attached hydrogen (secondary N) is 2. The summed E-state index contributed by atoms with van der Waals surface area (Å²) >= 11 is 0. The van der Waals surface area contributed by atoms with Crippen LogP contribution in [-0.2, 0) is 6.54 Å². The highest BCUT2D eigenvalue weighted by Crippen LogP contribution is 2.06. The van der Waals surface area contributed by atoms with Crippen LogP contribution in [0.2, 0.25) is 0 Å². The van der Waals surface area contributed by atoms with E-state index in [0.717, 1.165) is 24.9 Å². The van der Waals surface area contributed by atoms with E-state index in [0.29, 0.717) is 18.1 Å². The molecule has 0 heterocycles. The average Bonchev–Trinajstić information content (AvgIpc) is 2.45. The fourth-order valence-electron chi connectivity index (χ4n) is 1.58. The molecule has 5 nitrogen and oxygen atoms in total. The molecule has 1 rings (SSSR count). The van der Waals surface area contributed by atoms with E-state index in [4.69, 9.17) is 5.73 Å². The minimum atomic E-state index is -0.0973. The number of unbranched alkanes of at least 4 members (excludes halogenated alkanes) is 1. The fourth-order valence-corrected chi connectivity index (χ4v) is 1.58. The Hall–Kier alpha value is -1.31. The minimum absolute atomic E-state index is 0. The first kappa shape index (κ1) is 18.7. The molecule has 0 aliphatic carbocycles. The highest BCUT2D eigenvalue weighted by Gasteiger charge is 2.03. The van der Waals surface area contributed by atoms with Gasteiger partial charge in [0.25, 0.3) is 5.91 Å². The zero-order valence-corrected chi connectivity index (χ0v) is 14.3. The summed E-state index contributed by atoms with van der Waals surface area (Å²) in [7, 11) is 1.61. The summed E-state index contributed by atoms with van der Waals surface area (Å²) in [6.07, 6.45) is 2.19. The smallest absolute Gasteiger partial charge is 0.251 e. The Bertz CT molecular complexity index is 449. The minimum Gasteiger partial charge on any atom is -0.370 e. The van der Waals surface area contributed by atoms with Gasteiger partial charge in [-0.1, -0.05) is 25.5 Å².